The van der Waals surface area contributed by atoms with Crippen molar-refractivity contribution in [2.24, 2.45) is 0 Å². The summed E-state index contributed by atoms with van der Waals surface area (Å²) in [4.78, 5) is 0. The van der Waals surface area contributed by atoms with Gasteiger partial charge in [-0.3, -0.25) is 0 Å². The predicted molar refractivity (Wildman–Crippen MR) is 70.8 cm³/mol. The van der Waals surface area contributed by atoms with Gasteiger partial charge in [0, 0.05) is 0 Å². The van der Waals surface area contributed by atoms with Crippen molar-refractivity contribution >= 4 is 0 Å². The Bertz CT molecular complexity index is 341. The van der Waals surface area contributed by atoms with E-state index >= 15 is 0 Å². The molecule has 0 aromatic heterocycles. The zero-order valence-corrected chi connectivity index (χ0v) is 12.2. The van der Waals surface area contributed by atoms with Gasteiger partial charge in [-0.05, 0) is 0 Å². The molecular formula is C12H24O11. The maximum absolute atomic E-state index is 9.83. The third-order valence-corrected chi connectivity index (χ3v) is 3.62. The summed E-state index contributed by atoms with van der Waals surface area (Å²) in [6, 6.07) is 0. The first-order valence-electron chi connectivity index (χ1n) is 7.00. The number of hydrogen-bond donors (Lipinski definition) is 9. The van der Waals surface area contributed by atoms with E-state index in [1.165, 1.54) is 0 Å². The van der Waals surface area contributed by atoms with Gasteiger partial charge in [0.25, 0.3) is 0 Å². The van der Waals surface area contributed by atoms with Crippen molar-refractivity contribution in [3.05, 3.63) is 0 Å². The SMILES string of the molecule is OCC1O[C@@H](O[C@@H]([C@H](O)[C@@H](O)CO)[C@H](O)CO)C(O)[C@@H](O)[C@H]1O. The molecule has 9 atom stereocenters. The molecular weight excluding hydrogens is 320 g/mol. The lowest BCUT2D eigenvalue weighted by Gasteiger charge is -2.42. The van der Waals surface area contributed by atoms with Crippen LogP contribution in [0.3, 0.4) is 0 Å². The van der Waals surface area contributed by atoms with Crippen molar-refractivity contribution < 1.29 is 55.4 Å². The Morgan fingerprint density at radius 1 is 0.826 bits per heavy atom. The smallest absolute Gasteiger partial charge is 0.187 e. The van der Waals surface area contributed by atoms with E-state index in [1.807, 2.05) is 0 Å². The molecule has 0 spiro atoms. The average Bonchev–Trinajstić information content (AvgIpc) is 2.57. The molecule has 0 radical (unpaired) electrons. The fourth-order valence-corrected chi connectivity index (χ4v) is 2.16. The fraction of sp³-hybridized carbons (Fsp3) is 1.00. The Labute approximate surface area is 131 Å². The van der Waals surface area contributed by atoms with E-state index < -0.39 is 74.9 Å². The van der Waals surface area contributed by atoms with Crippen LogP contribution < -0.4 is 0 Å². The Hall–Kier alpha value is -0.440. The van der Waals surface area contributed by atoms with Crippen LogP contribution in [0.4, 0.5) is 0 Å². The zero-order chi connectivity index (χ0) is 17.7. The van der Waals surface area contributed by atoms with Crippen LogP contribution in [0.5, 0.6) is 0 Å². The van der Waals surface area contributed by atoms with Crippen LogP contribution in [-0.2, 0) is 9.47 Å². The van der Waals surface area contributed by atoms with Crippen LogP contribution in [-0.4, -0.2) is 121 Å². The normalized spacial score (nSPS) is 37.2. The minimum atomic E-state index is -1.85. The zero-order valence-electron chi connectivity index (χ0n) is 12.2. The molecule has 11 heteroatoms. The van der Waals surface area contributed by atoms with Crippen molar-refractivity contribution in [1.29, 1.82) is 0 Å². The molecule has 0 amide bonds. The molecule has 2 unspecified atom stereocenters. The summed E-state index contributed by atoms with van der Waals surface area (Å²) in [5.74, 6) is 0. The molecule has 9 N–H and O–H groups in total. The van der Waals surface area contributed by atoms with E-state index in [0.717, 1.165) is 0 Å². The Kier molecular flexibility index (Phi) is 8.20. The van der Waals surface area contributed by atoms with Gasteiger partial charge in [-0.25, -0.2) is 0 Å². The van der Waals surface area contributed by atoms with Crippen LogP contribution in [0.2, 0.25) is 0 Å². The Morgan fingerprint density at radius 3 is 1.87 bits per heavy atom. The second-order valence-corrected chi connectivity index (χ2v) is 5.29. The van der Waals surface area contributed by atoms with Crippen molar-refractivity contribution in [3.63, 3.8) is 0 Å². The standard InChI is InChI=1S/C12H24O11/c13-1-4(16)7(18)11(5(17)2-14)23-12-10(21)9(20)8(19)6(3-15)22-12/h4-21H,1-3H2/t4-,5+,6?,7+,8-,9-,10?,11+,12-/m0/s1. The molecule has 1 heterocycles. The molecule has 23 heavy (non-hydrogen) atoms. The quantitative estimate of drug-likeness (QED) is 0.203. The van der Waals surface area contributed by atoms with E-state index in [4.69, 9.17) is 24.8 Å². The molecule has 0 saturated carbocycles. The van der Waals surface area contributed by atoms with Gasteiger partial charge in [-0.2, -0.15) is 0 Å². The number of ether oxygens (including phenoxy) is 2. The van der Waals surface area contributed by atoms with Gasteiger partial charge >= 0.3 is 0 Å². The maximum atomic E-state index is 9.83. The molecule has 0 aliphatic carbocycles. The highest BCUT2D eigenvalue weighted by atomic mass is 16.7. The van der Waals surface area contributed by atoms with Crippen LogP contribution in [0.25, 0.3) is 0 Å². The highest BCUT2D eigenvalue weighted by molar-refractivity contribution is 4.91. The summed E-state index contributed by atoms with van der Waals surface area (Å²) in [5, 5.41) is 84.9. The number of hydrogen-bond acceptors (Lipinski definition) is 11. The van der Waals surface area contributed by atoms with E-state index in [9.17, 15) is 30.6 Å². The largest absolute Gasteiger partial charge is 0.394 e. The Morgan fingerprint density at radius 2 is 1.39 bits per heavy atom. The monoisotopic (exact) mass is 344 g/mol. The third-order valence-electron chi connectivity index (χ3n) is 3.62. The minimum Gasteiger partial charge on any atom is -0.394 e. The van der Waals surface area contributed by atoms with Crippen LogP contribution >= 0.6 is 0 Å². The molecule has 0 aromatic carbocycles. The lowest BCUT2D eigenvalue weighted by molar-refractivity contribution is -0.327. The van der Waals surface area contributed by atoms with Gasteiger partial charge in [0.2, 0.25) is 0 Å². The Balaban J connectivity index is 2.89. The lowest BCUT2D eigenvalue weighted by Crippen LogP contribution is -2.61. The van der Waals surface area contributed by atoms with Gasteiger partial charge in [-0.1, -0.05) is 0 Å². The second-order valence-electron chi connectivity index (χ2n) is 5.29. The van der Waals surface area contributed by atoms with E-state index in [2.05, 4.69) is 0 Å². The second kappa shape index (κ2) is 9.15. The van der Waals surface area contributed by atoms with Gasteiger partial charge in [0.15, 0.2) is 6.29 Å². The summed E-state index contributed by atoms with van der Waals surface area (Å²) >= 11 is 0. The molecule has 1 aliphatic heterocycles. The van der Waals surface area contributed by atoms with Crippen LogP contribution in [0.15, 0.2) is 0 Å². The molecule has 0 aromatic rings. The van der Waals surface area contributed by atoms with Crippen LogP contribution in [0, 0.1) is 0 Å². The highest BCUT2D eigenvalue weighted by Gasteiger charge is 2.46. The van der Waals surface area contributed by atoms with Crippen molar-refractivity contribution in [1.82, 2.24) is 0 Å². The van der Waals surface area contributed by atoms with E-state index in [-0.39, 0.29) is 0 Å². The maximum Gasteiger partial charge on any atom is 0.187 e. The molecule has 1 fully saturated rings. The van der Waals surface area contributed by atoms with Crippen molar-refractivity contribution in [2.45, 2.75) is 55.1 Å². The topological polar surface area (TPSA) is 201 Å². The molecule has 1 saturated heterocycles. The van der Waals surface area contributed by atoms with E-state index in [1.54, 1.807) is 0 Å². The van der Waals surface area contributed by atoms with E-state index in [0.29, 0.717) is 0 Å². The number of aliphatic hydroxyl groups excluding tert-OH is 9. The highest BCUT2D eigenvalue weighted by Crippen LogP contribution is 2.24. The summed E-state index contributed by atoms with van der Waals surface area (Å²) < 4.78 is 10.1. The molecule has 138 valence electrons. The number of rotatable bonds is 8. The lowest BCUT2D eigenvalue weighted by atomic mass is 9.98. The molecule has 1 aliphatic rings. The minimum absolute atomic E-state index is 0.708. The molecule has 11 nitrogen and oxygen atoms in total. The first-order chi connectivity index (χ1) is 10.8. The van der Waals surface area contributed by atoms with Gasteiger partial charge in [0.05, 0.1) is 19.8 Å². The number of aliphatic hydroxyl groups is 9. The fourth-order valence-electron chi connectivity index (χ4n) is 2.16. The summed E-state index contributed by atoms with van der Waals surface area (Å²) in [5.41, 5.74) is 0. The van der Waals surface area contributed by atoms with Crippen molar-refractivity contribution in [2.75, 3.05) is 19.8 Å². The van der Waals surface area contributed by atoms with Gasteiger partial charge in [-0.15, -0.1) is 0 Å². The summed E-state index contributed by atoms with van der Waals surface area (Å²) in [7, 11) is 0. The summed E-state index contributed by atoms with van der Waals surface area (Å²) in [6.07, 6.45) is -15.1. The third kappa shape index (κ3) is 4.78. The average molecular weight is 344 g/mol. The first kappa shape index (κ1) is 20.6. The summed E-state index contributed by atoms with van der Waals surface area (Å²) in [6.45, 7) is -2.45. The van der Waals surface area contributed by atoms with Crippen molar-refractivity contribution in [3.8, 4) is 0 Å². The predicted octanol–water partition coefficient (Wildman–Crippen LogP) is -5.76. The van der Waals surface area contributed by atoms with Crippen LogP contribution in [0.1, 0.15) is 0 Å². The molecule has 1 rings (SSSR count). The van der Waals surface area contributed by atoms with Gasteiger partial charge < -0.3 is 55.4 Å². The first-order valence-corrected chi connectivity index (χ1v) is 7.00. The van der Waals surface area contributed by atoms with Gasteiger partial charge in [0.1, 0.15) is 48.8 Å². The molecule has 0 bridgehead atoms.